The number of para-hydroxylation sites is 1. The van der Waals surface area contributed by atoms with Gasteiger partial charge in [0.05, 0.1) is 16.6 Å². The van der Waals surface area contributed by atoms with E-state index in [0.717, 1.165) is 72.5 Å². The van der Waals surface area contributed by atoms with E-state index in [-0.39, 0.29) is 48.5 Å². The molecule has 0 amide bonds. The number of aromatic nitrogens is 3. The molecule has 330 valence electrons. The van der Waals surface area contributed by atoms with Gasteiger partial charge < -0.3 is 5.11 Å². The van der Waals surface area contributed by atoms with Crippen LogP contribution in [0.1, 0.15) is 111 Å². The maximum Gasteiger partial charge on any atom is 0.148 e. The molecule has 8 aromatic rings. The smallest absolute Gasteiger partial charge is 0.148 e. The number of rotatable bonds is 6. The van der Waals surface area contributed by atoms with Crippen LogP contribution in [0, 0.1) is 13.0 Å². The maximum absolute atomic E-state index is 12.5. The number of aromatic hydroxyl groups is 1. The van der Waals surface area contributed by atoms with Crippen molar-refractivity contribution >= 4 is 11.0 Å². The number of hydrogen-bond acceptors (Lipinski definition) is 3. The number of hydrogen-bond donors (Lipinski definition) is 1. The summed E-state index contributed by atoms with van der Waals surface area (Å²) in [5.74, 6) is 0.947. The van der Waals surface area contributed by atoms with Gasteiger partial charge in [0, 0.05) is 44.2 Å². The van der Waals surface area contributed by atoms with Gasteiger partial charge in [-0.05, 0) is 92.3 Å². The molecule has 0 unspecified atom stereocenters. The van der Waals surface area contributed by atoms with Crippen LogP contribution in [0.15, 0.2) is 134 Å². The van der Waals surface area contributed by atoms with Crippen molar-refractivity contribution in [1.29, 1.82) is 0 Å². The molecule has 2 heterocycles. The van der Waals surface area contributed by atoms with Crippen molar-refractivity contribution < 1.29 is 26.2 Å². The minimum absolute atomic E-state index is 0. The van der Waals surface area contributed by atoms with E-state index in [1.807, 2.05) is 6.20 Å². The third-order valence-electron chi connectivity index (χ3n) is 12.3. The molecule has 1 N–H and O–H groups in total. The molecule has 6 aromatic carbocycles. The number of imidazole rings is 1. The Balaban J connectivity index is 0.00000612. The predicted octanol–water partition coefficient (Wildman–Crippen LogP) is 15.8. The Morgan fingerprint density at radius 2 is 1.12 bits per heavy atom. The van der Waals surface area contributed by atoms with E-state index in [4.69, 9.17) is 9.97 Å². The van der Waals surface area contributed by atoms with Gasteiger partial charge in [0.25, 0.3) is 0 Å². The van der Waals surface area contributed by atoms with Crippen molar-refractivity contribution in [2.45, 2.75) is 112 Å². The topological polar surface area (TPSA) is 50.9 Å². The third kappa shape index (κ3) is 9.31. The van der Waals surface area contributed by atoms with E-state index in [1.54, 1.807) is 0 Å². The van der Waals surface area contributed by atoms with Crippen molar-refractivity contribution in [1.82, 2.24) is 14.5 Å². The fourth-order valence-corrected chi connectivity index (χ4v) is 8.33. The molecule has 0 aliphatic rings. The van der Waals surface area contributed by atoms with Crippen LogP contribution in [0.5, 0.6) is 5.75 Å². The number of phenols is 1. The van der Waals surface area contributed by atoms with Crippen LogP contribution in [0.2, 0.25) is 0 Å². The van der Waals surface area contributed by atoms with Crippen LogP contribution in [0.4, 0.5) is 0 Å². The minimum atomic E-state index is -0.321. The second-order valence-electron chi connectivity index (χ2n) is 21.5. The normalized spacial score (nSPS) is 12.4. The SMILES string of the molecule is Cc1ccc(-c2ccnc(-c3[c-]c(-c4cccc5c4nc(-c4cc(C(C)(C)C)cc(C(C)(C)C)c4O)n5-c4cc(-c5ccccc5)cc(C(C)(C)C)c4)cc(C(C)(C)C)c3)c2)cc1.[Pt]. The molecule has 0 spiro atoms. The van der Waals surface area contributed by atoms with Crippen LogP contribution < -0.4 is 0 Å². The maximum atomic E-state index is 12.5. The fourth-order valence-electron chi connectivity index (χ4n) is 8.33. The van der Waals surface area contributed by atoms with Crippen LogP contribution >= 0.6 is 0 Å². The first-order valence-electron chi connectivity index (χ1n) is 22.3. The van der Waals surface area contributed by atoms with Gasteiger partial charge >= 0.3 is 0 Å². The summed E-state index contributed by atoms with van der Waals surface area (Å²) in [6, 6.07) is 49.5. The summed E-state index contributed by atoms with van der Waals surface area (Å²) < 4.78 is 2.27. The zero-order valence-corrected chi connectivity index (χ0v) is 42.1. The van der Waals surface area contributed by atoms with E-state index >= 15 is 0 Å². The van der Waals surface area contributed by atoms with Crippen LogP contribution in [0.25, 0.3) is 72.7 Å². The first kappa shape index (κ1) is 46.4. The summed E-state index contributed by atoms with van der Waals surface area (Å²) in [5, 5.41) is 12.5. The van der Waals surface area contributed by atoms with Gasteiger partial charge in [-0.25, -0.2) is 4.98 Å². The Morgan fingerprint density at radius 1 is 0.516 bits per heavy atom. The van der Waals surface area contributed by atoms with Gasteiger partial charge in [-0.1, -0.05) is 185 Å². The molecule has 0 aliphatic heterocycles. The summed E-state index contributed by atoms with van der Waals surface area (Å²) in [6.07, 6.45) is 1.90. The molecule has 2 aromatic heterocycles. The van der Waals surface area contributed by atoms with E-state index in [2.05, 4.69) is 228 Å². The molecule has 0 saturated carbocycles. The molecule has 0 bridgehead atoms. The molecule has 5 heteroatoms. The Morgan fingerprint density at radius 3 is 1.77 bits per heavy atom. The Hall–Kier alpha value is -5.57. The van der Waals surface area contributed by atoms with Crippen molar-refractivity contribution in [2.24, 2.45) is 0 Å². The largest absolute Gasteiger partial charge is 0.507 e. The van der Waals surface area contributed by atoms with Gasteiger partial charge in [0.15, 0.2) is 0 Å². The molecule has 0 radical (unpaired) electrons. The molecule has 4 nitrogen and oxygen atoms in total. The number of fused-ring (bicyclic) bond motifs is 1. The second kappa shape index (κ2) is 17.1. The monoisotopic (exact) mass is 1020 g/mol. The second-order valence-corrected chi connectivity index (χ2v) is 21.5. The quantitative estimate of drug-likeness (QED) is 0.169. The zero-order valence-electron chi connectivity index (χ0n) is 39.8. The molecule has 8 rings (SSSR count). The number of benzene rings is 6. The zero-order chi connectivity index (χ0) is 45.2. The molecule has 64 heavy (non-hydrogen) atoms. The Bertz CT molecular complexity index is 2980. The van der Waals surface area contributed by atoms with E-state index in [0.29, 0.717) is 11.4 Å². The first-order valence-corrected chi connectivity index (χ1v) is 22.3. The van der Waals surface area contributed by atoms with Crippen LogP contribution in [-0.4, -0.2) is 19.6 Å². The van der Waals surface area contributed by atoms with Crippen LogP contribution in [0.3, 0.4) is 0 Å². The Labute approximate surface area is 396 Å². The average molecular weight is 1020 g/mol. The first-order chi connectivity index (χ1) is 29.6. The molecule has 0 atom stereocenters. The molecule has 0 fully saturated rings. The van der Waals surface area contributed by atoms with E-state index in [9.17, 15) is 5.11 Å². The van der Waals surface area contributed by atoms with E-state index in [1.165, 1.54) is 16.7 Å². The van der Waals surface area contributed by atoms with Crippen molar-refractivity contribution in [3.8, 4) is 67.5 Å². The summed E-state index contributed by atoms with van der Waals surface area (Å²) in [4.78, 5) is 10.6. The Kier molecular flexibility index (Phi) is 12.4. The predicted molar refractivity (Wildman–Crippen MR) is 266 cm³/mol. The number of nitrogens with zero attached hydrogens (tertiary/aromatic N) is 3. The molecular weight excluding hydrogens is 962 g/mol. The fraction of sp³-hybridized carbons (Fsp3) is 0.288. The minimum Gasteiger partial charge on any atom is -0.507 e. The number of aryl methyl sites for hydroxylation is 1. The summed E-state index contributed by atoms with van der Waals surface area (Å²) in [7, 11) is 0. The van der Waals surface area contributed by atoms with Gasteiger partial charge in [-0.2, -0.15) is 0 Å². The van der Waals surface area contributed by atoms with Gasteiger partial charge in [-0.15, -0.1) is 29.3 Å². The number of phenolic OH excluding ortho intramolecular Hbond substituents is 1. The summed E-state index contributed by atoms with van der Waals surface area (Å²) >= 11 is 0. The van der Waals surface area contributed by atoms with Crippen molar-refractivity contribution in [3.05, 3.63) is 167 Å². The van der Waals surface area contributed by atoms with Crippen molar-refractivity contribution in [3.63, 3.8) is 0 Å². The van der Waals surface area contributed by atoms with E-state index < -0.39 is 0 Å². The van der Waals surface area contributed by atoms with Gasteiger partial charge in [0.2, 0.25) is 0 Å². The summed E-state index contributed by atoms with van der Waals surface area (Å²) in [5.41, 5.74) is 16.6. The standard InChI is InChI=1S/C59H62N3O.Pt/c1-37-22-24-39(25-23-37)40-26-27-60-51(33-40)43-28-42(30-44(31-43)56(2,3)4)48-20-17-21-52-53(48)61-55(49-35-46(58(8,9)10)36-50(54(49)63)59(11,12)13)62(52)47-32-41(38-18-15-14-16-19-38)29-45(34-47)57(5,6)7;/h14-27,29-36,63H,1-13H3;/q-1;. The third-order valence-corrected chi connectivity index (χ3v) is 12.3. The average Bonchev–Trinajstić information content (AvgIpc) is 3.62. The molecule has 0 aliphatic carbocycles. The van der Waals surface area contributed by atoms with Gasteiger partial charge in [-0.3, -0.25) is 9.55 Å². The van der Waals surface area contributed by atoms with Crippen LogP contribution in [-0.2, 0) is 42.7 Å². The number of pyridine rings is 1. The summed E-state index contributed by atoms with van der Waals surface area (Å²) in [6.45, 7) is 28.9. The molecular formula is C59H62N3OPt-. The van der Waals surface area contributed by atoms with Crippen molar-refractivity contribution in [2.75, 3.05) is 0 Å². The molecule has 0 saturated heterocycles. The van der Waals surface area contributed by atoms with Gasteiger partial charge in [0.1, 0.15) is 11.6 Å².